The molecule has 2 heteroatoms. The molecule has 138 valence electrons. The van der Waals surface area contributed by atoms with E-state index in [2.05, 4.69) is 68.1 Å². The van der Waals surface area contributed by atoms with E-state index in [1.165, 1.54) is 54.5 Å². The second-order valence-corrected chi connectivity index (χ2v) is 8.61. The maximum atomic E-state index is 6.17. The first-order valence-corrected chi connectivity index (χ1v) is 10.2. The van der Waals surface area contributed by atoms with E-state index in [0.29, 0.717) is 5.92 Å². The Hall–Kier alpha value is -1.96. The molecule has 1 aliphatic heterocycles. The molecule has 2 aliphatic rings. The predicted octanol–water partition coefficient (Wildman–Crippen LogP) is 5.74. The van der Waals surface area contributed by atoms with Gasteiger partial charge in [0.05, 0.1) is 6.54 Å². The molecule has 1 aliphatic carbocycles. The molecule has 0 saturated carbocycles. The molecule has 1 atom stereocenters. The van der Waals surface area contributed by atoms with E-state index in [4.69, 9.17) is 4.74 Å². The minimum atomic E-state index is 0.160. The maximum absolute atomic E-state index is 6.17. The van der Waals surface area contributed by atoms with E-state index in [1.54, 1.807) is 0 Å². The first-order valence-electron chi connectivity index (χ1n) is 10.2. The van der Waals surface area contributed by atoms with Crippen molar-refractivity contribution in [1.82, 2.24) is 0 Å². The van der Waals surface area contributed by atoms with E-state index in [0.717, 1.165) is 18.9 Å². The molecular weight excluding hydrogens is 318 g/mol. The number of aryl methyl sites for hydroxylation is 2. The van der Waals surface area contributed by atoms with Crippen LogP contribution < -0.4 is 9.64 Å². The maximum Gasteiger partial charge on any atom is 0.119 e. The van der Waals surface area contributed by atoms with E-state index in [-0.39, 0.29) is 5.54 Å². The van der Waals surface area contributed by atoms with E-state index in [9.17, 15) is 0 Å². The highest BCUT2D eigenvalue weighted by atomic mass is 16.5. The number of fused-ring (bicyclic) bond motifs is 2. The van der Waals surface area contributed by atoms with Gasteiger partial charge >= 0.3 is 0 Å². The number of rotatable bonds is 4. The topological polar surface area (TPSA) is 12.5 Å². The van der Waals surface area contributed by atoms with Crippen LogP contribution in [-0.4, -0.2) is 18.7 Å². The minimum Gasteiger partial charge on any atom is -0.492 e. The lowest BCUT2D eigenvalue weighted by atomic mass is 9.80. The lowest BCUT2D eigenvalue weighted by Crippen LogP contribution is -2.50. The van der Waals surface area contributed by atoms with Gasteiger partial charge in [0.15, 0.2) is 0 Å². The Balaban J connectivity index is 1.46. The van der Waals surface area contributed by atoms with Gasteiger partial charge in [-0.1, -0.05) is 31.2 Å². The molecule has 0 spiro atoms. The smallest absolute Gasteiger partial charge is 0.119 e. The van der Waals surface area contributed by atoms with Crippen molar-refractivity contribution in [3.63, 3.8) is 0 Å². The van der Waals surface area contributed by atoms with Crippen LogP contribution in [-0.2, 0) is 12.8 Å². The highest BCUT2D eigenvalue weighted by Crippen LogP contribution is 2.42. The van der Waals surface area contributed by atoms with E-state index in [1.807, 2.05) is 0 Å². The van der Waals surface area contributed by atoms with Gasteiger partial charge < -0.3 is 9.64 Å². The quantitative estimate of drug-likeness (QED) is 0.698. The molecule has 0 saturated heterocycles. The third kappa shape index (κ3) is 3.34. The Morgan fingerprint density at radius 3 is 2.65 bits per heavy atom. The number of hydrogen-bond donors (Lipinski definition) is 0. The standard InChI is InChI=1S/C24H31NO/c1-18-17-24(2,3)25(23-11-7-6-10-22(18)23)14-15-26-21-13-12-19-8-4-5-9-20(19)16-21/h6-7,10-13,16,18H,4-5,8-9,14-15,17H2,1-3H3. The molecule has 2 nitrogen and oxygen atoms in total. The summed E-state index contributed by atoms with van der Waals surface area (Å²) in [7, 11) is 0. The largest absolute Gasteiger partial charge is 0.492 e. The molecule has 2 aromatic rings. The van der Waals surface area contributed by atoms with Crippen molar-refractivity contribution in [1.29, 1.82) is 0 Å². The average Bonchev–Trinajstić information content (AvgIpc) is 2.64. The van der Waals surface area contributed by atoms with Gasteiger partial charge in [-0.25, -0.2) is 0 Å². The fourth-order valence-corrected chi connectivity index (χ4v) is 4.92. The predicted molar refractivity (Wildman–Crippen MR) is 109 cm³/mol. The summed E-state index contributed by atoms with van der Waals surface area (Å²) in [5.74, 6) is 1.64. The zero-order valence-electron chi connectivity index (χ0n) is 16.4. The first kappa shape index (κ1) is 17.5. The molecule has 1 heterocycles. The van der Waals surface area contributed by atoms with Gasteiger partial charge in [0.25, 0.3) is 0 Å². The van der Waals surface area contributed by atoms with Gasteiger partial charge in [-0.15, -0.1) is 0 Å². The number of hydrogen-bond acceptors (Lipinski definition) is 2. The van der Waals surface area contributed by atoms with Crippen LogP contribution in [0.1, 0.15) is 62.6 Å². The zero-order valence-corrected chi connectivity index (χ0v) is 16.4. The van der Waals surface area contributed by atoms with Crippen LogP contribution in [0.25, 0.3) is 0 Å². The van der Waals surface area contributed by atoms with Crippen LogP contribution in [0.3, 0.4) is 0 Å². The summed E-state index contributed by atoms with van der Waals surface area (Å²) < 4.78 is 6.17. The normalized spacial score (nSPS) is 21.0. The van der Waals surface area contributed by atoms with Crippen LogP contribution in [0.15, 0.2) is 42.5 Å². The zero-order chi connectivity index (χ0) is 18.1. The molecule has 0 radical (unpaired) electrons. The average molecular weight is 350 g/mol. The minimum absolute atomic E-state index is 0.160. The van der Waals surface area contributed by atoms with Crippen LogP contribution in [0, 0.1) is 0 Å². The fraction of sp³-hybridized carbons (Fsp3) is 0.500. The summed E-state index contributed by atoms with van der Waals surface area (Å²) in [5, 5.41) is 0. The Bertz CT molecular complexity index is 780. The van der Waals surface area contributed by atoms with Crippen molar-refractivity contribution >= 4 is 5.69 Å². The molecule has 0 N–H and O–H groups in total. The fourth-order valence-electron chi connectivity index (χ4n) is 4.92. The molecule has 0 bridgehead atoms. The second kappa shape index (κ2) is 6.98. The van der Waals surface area contributed by atoms with Crippen molar-refractivity contribution in [2.75, 3.05) is 18.1 Å². The molecule has 26 heavy (non-hydrogen) atoms. The van der Waals surface area contributed by atoms with Crippen molar-refractivity contribution in [3.05, 3.63) is 59.2 Å². The molecular formula is C24H31NO. The van der Waals surface area contributed by atoms with Crippen LogP contribution in [0.4, 0.5) is 5.69 Å². The van der Waals surface area contributed by atoms with Gasteiger partial charge in [-0.05, 0) is 86.8 Å². The number of ether oxygens (including phenoxy) is 1. The van der Waals surface area contributed by atoms with Gasteiger partial charge in [0.1, 0.15) is 12.4 Å². The van der Waals surface area contributed by atoms with E-state index < -0.39 is 0 Å². The molecule has 0 fully saturated rings. The Morgan fingerprint density at radius 1 is 1.04 bits per heavy atom. The first-order chi connectivity index (χ1) is 12.5. The van der Waals surface area contributed by atoms with Gasteiger partial charge in [0.2, 0.25) is 0 Å². The number of nitrogens with zero attached hydrogens (tertiary/aromatic N) is 1. The van der Waals surface area contributed by atoms with Crippen LogP contribution in [0.2, 0.25) is 0 Å². The molecule has 2 aromatic carbocycles. The highest BCUT2D eigenvalue weighted by Gasteiger charge is 2.35. The number of benzene rings is 2. The summed E-state index contributed by atoms with van der Waals surface area (Å²) in [6.07, 6.45) is 6.26. The van der Waals surface area contributed by atoms with Crippen molar-refractivity contribution in [2.45, 2.75) is 64.3 Å². The van der Waals surface area contributed by atoms with E-state index >= 15 is 0 Å². The van der Waals surface area contributed by atoms with Crippen molar-refractivity contribution in [3.8, 4) is 5.75 Å². The SMILES string of the molecule is CC1CC(C)(C)N(CCOc2ccc3c(c2)CCCC3)c2ccccc21. The Labute approximate surface area is 158 Å². The Kier molecular flexibility index (Phi) is 4.69. The summed E-state index contributed by atoms with van der Waals surface area (Å²) in [5.41, 5.74) is 6.02. The summed E-state index contributed by atoms with van der Waals surface area (Å²) in [6.45, 7) is 8.72. The summed E-state index contributed by atoms with van der Waals surface area (Å²) in [6, 6.07) is 15.6. The number of anilines is 1. The third-order valence-corrected chi connectivity index (χ3v) is 6.20. The monoisotopic (exact) mass is 349 g/mol. The molecule has 1 unspecified atom stereocenters. The van der Waals surface area contributed by atoms with Gasteiger partial charge in [-0.3, -0.25) is 0 Å². The lowest BCUT2D eigenvalue weighted by Gasteiger charge is -2.47. The lowest BCUT2D eigenvalue weighted by molar-refractivity contribution is 0.294. The summed E-state index contributed by atoms with van der Waals surface area (Å²) >= 11 is 0. The molecule has 0 amide bonds. The second-order valence-electron chi connectivity index (χ2n) is 8.61. The van der Waals surface area contributed by atoms with Crippen LogP contribution >= 0.6 is 0 Å². The molecule has 4 rings (SSSR count). The van der Waals surface area contributed by atoms with Gasteiger partial charge in [0, 0.05) is 11.2 Å². The van der Waals surface area contributed by atoms with Crippen molar-refractivity contribution < 1.29 is 4.74 Å². The van der Waals surface area contributed by atoms with Crippen molar-refractivity contribution in [2.24, 2.45) is 0 Å². The summed E-state index contributed by atoms with van der Waals surface area (Å²) in [4.78, 5) is 2.54. The highest BCUT2D eigenvalue weighted by molar-refractivity contribution is 5.59. The molecule has 0 aromatic heterocycles. The van der Waals surface area contributed by atoms with Gasteiger partial charge in [-0.2, -0.15) is 0 Å². The number of para-hydroxylation sites is 1. The third-order valence-electron chi connectivity index (χ3n) is 6.20. The Morgan fingerprint density at radius 2 is 1.81 bits per heavy atom. The van der Waals surface area contributed by atoms with Crippen LogP contribution in [0.5, 0.6) is 5.75 Å².